The van der Waals surface area contributed by atoms with Gasteiger partial charge in [-0.3, -0.25) is 0 Å². The molecule has 0 fully saturated rings. The van der Waals surface area contributed by atoms with E-state index in [2.05, 4.69) is 378 Å². The van der Waals surface area contributed by atoms with E-state index in [-0.39, 0.29) is 5.41 Å². The van der Waals surface area contributed by atoms with Crippen molar-refractivity contribution in [2.24, 2.45) is 0 Å². The van der Waals surface area contributed by atoms with Gasteiger partial charge in [-0.05, 0) is 186 Å². The SMILES string of the molecule is CC1(C)c2cc(-c3nc4ccccc4nc3-c3ccc(-c4cccc5sc6ccccc6c45)cc3)ccc2-c2cc3ccccc3cc21.c1ccc(-c2ccc(-c3nc4ccccc4nc3-c3ccc(-c4cccc5c4sc4ccccc45)cc3)cc2)cc1.c1ccc(-c2nc3ccccc3nc2-c2cccc(-c3cccc(-c4cccc5sc6ccccc6c45)c3)c2)cc1. The third kappa shape index (κ3) is 14.0. The van der Waals surface area contributed by atoms with Crippen LogP contribution in [0.3, 0.4) is 0 Å². The first kappa shape index (κ1) is 77.7. The Balaban J connectivity index is 0.000000109. The van der Waals surface area contributed by atoms with Gasteiger partial charge >= 0.3 is 0 Å². The summed E-state index contributed by atoms with van der Waals surface area (Å²) in [5.74, 6) is 0. The monoisotopic (exact) mass is 1710 g/mol. The van der Waals surface area contributed by atoms with Crippen LogP contribution in [0.1, 0.15) is 25.0 Å². The molecular weight excluding hydrogens is 1630 g/mol. The Bertz CT molecular complexity index is 8760. The van der Waals surface area contributed by atoms with E-state index in [1.807, 2.05) is 107 Å². The molecule has 9 heteroatoms. The Morgan fingerprint density at radius 3 is 1.00 bits per heavy atom. The summed E-state index contributed by atoms with van der Waals surface area (Å²) in [6.45, 7) is 4.69. The van der Waals surface area contributed by atoms with Gasteiger partial charge in [0.05, 0.1) is 67.3 Å². The Morgan fingerprint density at radius 2 is 0.485 bits per heavy atom. The van der Waals surface area contributed by atoms with Gasteiger partial charge in [-0.1, -0.05) is 354 Å². The highest BCUT2D eigenvalue weighted by atomic mass is 32.1. The largest absolute Gasteiger partial charge is 0.244 e. The summed E-state index contributed by atoms with van der Waals surface area (Å²) >= 11 is 5.58. The number of aromatic nitrogens is 6. The molecule has 1 aliphatic carbocycles. The van der Waals surface area contributed by atoms with E-state index in [1.165, 1.54) is 144 Å². The molecule has 6 aromatic heterocycles. The highest BCUT2D eigenvalue weighted by Gasteiger charge is 2.37. The van der Waals surface area contributed by atoms with E-state index < -0.39 is 0 Å². The van der Waals surface area contributed by atoms with Crippen LogP contribution in [-0.2, 0) is 5.41 Å². The second-order valence-electron chi connectivity index (χ2n) is 33.8. The topological polar surface area (TPSA) is 77.3 Å². The molecule has 130 heavy (non-hydrogen) atoms. The fourth-order valence-electron chi connectivity index (χ4n) is 19.2. The molecule has 0 aliphatic heterocycles. The smallest absolute Gasteiger partial charge is 0.0973 e. The van der Waals surface area contributed by atoms with Gasteiger partial charge in [0.15, 0.2) is 0 Å². The van der Waals surface area contributed by atoms with Gasteiger partial charge in [0.2, 0.25) is 0 Å². The molecule has 0 bridgehead atoms. The van der Waals surface area contributed by atoms with Crippen molar-refractivity contribution in [2.45, 2.75) is 19.3 Å². The lowest BCUT2D eigenvalue weighted by molar-refractivity contribution is 0.661. The molecule has 610 valence electrons. The van der Waals surface area contributed by atoms with Gasteiger partial charge in [0.25, 0.3) is 0 Å². The molecule has 0 atom stereocenters. The number of para-hydroxylation sites is 6. The zero-order chi connectivity index (χ0) is 86.3. The van der Waals surface area contributed by atoms with Gasteiger partial charge in [0, 0.05) is 99.3 Å². The predicted molar refractivity (Wildman–Crippen MR) is 552 cm³/mol. The average molecular weight is 1710 g/mol. The molecule has 0 saturated heterocycles. The van der Waals surface area contributed by atoms with Crippen LogP contribution in [0.2, 0.25) is 0 Å². The van der Waals surface area contributed by atoms with Crippen molar-refractivity contribution >= 4 is 138 Å². The fraction of sp³-hybridized carbons (Fsp3) is 0.0248. The maximum atomic E-state index is 5.28. The van der Waals surface area contributed by atoms with E-state index in [1.54, 1.807) is 0 Å². The second-order valence-corrected chi connectivity index (χ2v) is 37.0. The minimum absolute atomic E-state index is 0.135. The minimum Gasteiger partial charge on any atom is -0.244 e. The van der Waals surface area contributed by atoms with Crippen molar-refractivity contribution in [3.8, 4) is 134 Å². The van der Waals surface area contributed by atoms with E-state index in [0.29, 0.717) is 0 Å². The lowest BCUT2D eigenvalue weighted by atomic mass is 9.81. The molecule has 0 spiro atoms. The Kier molecular flexibility index (Phi) is 19.4. The van der Waals surface area contributed by atoms with Crippen molar-refractivity contribution in [1.82, 2.24) is 29.9 Å². The van der Waals surface area contributed by atoms with Crippen molar-refractivity contribution in [3.63, 3.8) is 0 Å². The molecule has 6 heterocycles. The standard InChI is InChI=1S/C45H30N2S.2C38H24N2S/c1-45(2)36-26-31(22-23-33(36)35-24-29-10-3-4-11-30(29)25-37(35)45)44-43(46-38-14-6-7-15-39(38)47-44)28-20-18-27(19-21-28)32-13-9-17-41-42(32)34-12-5-8-16-40(34)48-41;1-2-11-25(12-3-1)37-38(40-33-20-6-5-19-32(33)39-37)29-16-9-14-27(24-29)26-13-8-15-28(23-26)30-18-10-22-35-36(30)31-17-4-7-21-34(31)41-35;1-2-9-25(10-3-1)26-17-21-28(22-18-26)36-37(40-34-15-6-5-14-33(34)39-36)29-23-19-27(20-24-29)30-12-8-13-32-31-11-4-7-16-35(31)41-38(30)32/h3-26H,1-2H3;2*1-24H. The third-order valence-corrected chi connectivity index (χ3v) is 29.1. The lowest BCUT2D eigenvalue weighted by Gasteiger charge is -2.22. The summed E-state index contributed by atoms with van der Waals surface area (Å²) in [5, 5.41) is 10.5. The summed E-state index contributed by atoms with van der Waals surface area (Å²) in [5.41, 5.74) is 34.5. The molecule has 0 amide bonds. The molecule has 25 aromatic rings. The number of fused-ring (bicyclic) bond motifs is 16. The van der Waals surface area contributed by atoms with Crippen LogP contribution >= 0.6 is 34.0 Å². The Labute approximate surface area is 763 Å². The number of thiophene rings is 3. The van der Waals surface area contributed by atoms with E-state index >= 15 is 0 Å². The summed E-state index contributed by atoms with van der Waals surface area (Å²) in [6.07, 6.45) is 0. The molecule has 26 rings (SSSR count). The first-order valence-electron chi connectivity index (χ1n) is 44.0. The maximum Gasteiger partial charge on any atom is 0.0973 e. The van der Waals surface area contributed by atoms with Gasteiger partial charge in [0.1, 0.15) is 0 Å². The van der Waals surface area contributed by atoms with E-state index in [9.17, 15) is 0 Å². The van der Waals surface area contributed by atoms with Crippen LogP contribution in [0.15, 0.2) is 437 Å². The van der Waals surface area contributed by atoms with Crippen LogP contribution in [0.25, 0.3) is 239 Å². The van der Waals surface area contributed by atoms with Crippen LogP contribution < -0.4 is 0 Å². The molecule has 19 aromatic carbocycles. The van der Waals surface area contributed by atoms with Crippen LogP contribution in [0, 0.1) is 0 Å². The molecule has 0 unspecified atom stereocenters. The number of nitrogens with zero attached hydrogens (tertiary/aromatic N) is 6. The predicted octanol–water partition coefficient (Wildman–Crippen LogP) is 33.8. The maximum absolute atomic E-state index is 5.28. The van der Waals surface area contributed by atoms with Crippen molar-refractivity contribution in [3.05, 3.63) is 448 Å². The first-order chi connectivity index (χ1) is 64.2. The van der Waals surface area contributed by atoms with Crippen LogP contribution in [0.5, 0.6) is 0 Å². The molecule has 0 N–H and O–H groups in total. The number of rotatable bonds is 11. The van der Waals surface area contributed by atoms with Crippen LogP contribution in [0.4, 0.5) is 0 Å². The van der Waals surface area contributed by atoms with Crippen molar-refractivity contribution < 1.29 is 0 Å². The zero-order valence-electron chi connectivity index (χ0n) is 71.0. The molecule has 0 saturated carbocycles. The van der Waals surface area contributed by atoms with Gasteiger partial charge in [-0.15, -0.1) is 34.0 Å². The second kappa shape index (κ2) is 32.5. The summed E-state index contributed by atoms with van der Waals surface area (Å²) < 4.78 is 7.92. The summed E-state index contributed by atoms with van der Waals surface area (Å²) in [4.78, 5) is 30.9. The van der Waals surface area contributed by atoms with E-state index in [4.69, 9.17) is 29.9 Å². The summed E-state index contributed by atoms with van der Waals surface area (Å²) in [6, 6.07) is 155. The Morgan fingerprint density at radius 1 is 0.177 bits per heavy atom. The molecule has 0 radical (unpaired) electrons. The average Bonchev–Trinajstić information content (AvgIpc) is 1.61. The number of benzene rings is 19. The third-order valence-electron chi connectivity index (χ3n) is 25.6. The van der Waals surface area contributed by atoms with Crippen LogP contribution in [-0.4, -0.2) is 29.9 Å². The van der Waals surface area contributed by atoms with E-state index in [0.717, 1.165) is 106 Å². The molecule has 6 nitrogen and oxygen atoms in total. The minimum atomic E-state index is -0.135. The number of hydrogen-bond acceptors (Lipinski definition) is 9. The molecular formula is C121H78N6S3. The highest BCUT2D eigenvalue weighted by molar-refractivity contribution is 7.27. The first-order valence-corrected chi connectivity index (χ1v) is 46.5. The molecule has 1 aliphatic rings. The van der Waals surface area contributed by atoms with Gasteiger partial charge in [-0.2, -0.15) is 0 Å². The van der Waals surface area contributed by atoms with Crippen molar-refractivity contribution in [1.29, 1.82) is 0 Å². The fourth-order valence-corrected chi connectivity index (χ4v) is 22.7. The zero-order valence-corrected chi connectivity index (χ0v) is 73.4. The van der Waals surface area contributed by atoms with Gasteiger partial charge < -0.3 is 0 Å². The van der Waals surface area contributed by atoms with Crippen molar-refractivity contribution in [2.75, 3.05) is 0 Å². The lowest BCUT2D eigenvalue weighted by Crippen LogP contribution is -2.15. The normalized spacial score (nSPS) is 12.1. The van der Waals surface area contributed by atoms with Gasteiger partial charge in [-0.25, -0.2) is 29.9 Å². The summed E-state index contributed by atoms with van der Waals surface area (Å²) in [7, 11) is 0. The quantitative estimate of drug-likeness (QED) is 0.128. The highest BCUT2D eigenvalue weighted by Crippen LogP contribution is 2.53. The Hall–Kier alpha value is -15.9. The number of hydrogen-bond donors (Lipinski definition) is 0.